The van der Waals surface area contributed by atoms with Crippen molar-refractivity contribution in [1.29, 1.82) is 0 Å². The van der Waals surface area contributed by atoms with Gasteiger partial charge < -0.3 is 19.4 Å². The Morgan fingerprint density at radius 1 is 1.22 bits per heavy atom. The average molecular weight is 438 g/mol. The second-order valence-corrected chi connectivity index (χ2v) is 9.00. The van der Waals surface area contributed by atoms with Crippen molar-refractivity contribution in [2.45, 2.75) is 45.8 Å². The highest BCUT2D eigenvalue weighted by atomic mass is 19.1. The number of nitrogens with one attached hydrogen (secondary N) is 1. The fourth-order valence-electron chi connectivity index (χ4n) is 4.04. The quantitative estimate of drug-likeness (QED) is 0.563. The largest absolute Gasteiger partial charge is 0.496 e. The summed E-state index contributed by atoms with van der Waals surface area (Å²) in [6.45, 7) is 8.14. The molecule has 1 amide bonds. The lowest BCUT2D eigenvalue weighted by atomic mass is 9.99. The summed E-state index contributed by atoms with van der Waals surface area (Å²) >= 11 is 0. The van der Waals surface area contributed by atoms with Gasteiger partial charge in [0.1, 0.15) is 22.8 Å². The van der Waals surface area contributed by atoms with Gasteiger partial charge >= 0.3 is 6.09 Å². The molecule has 1 aliphatic rings. The minimum Gasteiger partial charge on any atom is -0.496 e. The molecule has 7 heteroatoms. The van der Waals surface area contributed by atoms with Crippen molar-refractivity contribution >= 4 is 22.7 Å². The number of hydrogen-bond donors (Lipinski definition) is 1. The molecule has 6 nitrogen and oxygen atoms in total. The predicted molar refractivity (Wildman–Crippen MR) is 123 cm³/mol. The van der Waals surface area contributed by atoms with Gasteiger partial charge in [-0.25, -0.2) is 14.2 Å². The van der Waals surface area contributed by atoms with Crippen molar-refractivity contribution in [3.05, 3.63) is 54.1 Å². The summed E-state index contributed by atoms with van der Waals surface area (Å²) in [5.41, 5.74) is 3.74. The molecule has 0 saturated heterocycles. The summed E-state index contributed by atoms with van der Waals surface area (Å²) in [6.07, 6.45) is 4.15. The molecule has 1 N–H and O–H groups in total. The van der Waals surface area contributed by atoms with E-state index in [1.165, 1.54) is 12.1 Å². The highest BCUT2D eigenvalue weighted by Gasteiger charge is 2.28. The van der Waals surface area contributed by atoms with E-state index in [-0.39, 0.29) is 18.0 Å². The Morgan fingerprint density at radius 2 is 2.00 bits per heavy atom. The van der Waals surface area contributed by atoms with Gasteiger partial charge in [-0.2, -0.15) is 0 Å². The SMILES string of the molecule is COc1ccc(F)cc1-c1ccnc2[nH]c(C3=C[C@@H](C)N(C(=O)OC(C)(C)C)CC3)cc12. The van der Waals surface area contributed by atoms with Crippen LogP contribution < -0.4 is 4.74 Å². The van der Waals surface area contributed by atoms with Gasteiger partial charge in [-0.15, -0.1) is 0 Å². The number of pyridine rings is 1. The fraction of sp³-hybridized carbons (Fsp3) is 0.360. The van der Waals surface area contributed by atoms with Gasteiger partial charge in [0.15, 0.2) is 0 Å². The third-order valence-electron chi connectivity index (χ3n) is 5.51. The molecular formula is C25H28FN3O3. The highest BCUT2D eigenvalue weighted by molar-refractivity contribution is 5.96. The molecule has 4 rings (SSSR count). The number of nitrogens with zero attached hydrogens (tertiary/aromatic N) is 2. The molecule has 32 heavy (non-hydrogen) atoms. The molecule has 3 heterocycles. The molecule has 0 bridgehead atoms. The van der Waals surface area contributed by atoms with Crippen LogP contribution in [-0.4, -0.2) is 46.3 Å². The molecular weight excluding hydrogens is 409 g/mol. The molecule has 0 unspecified atom stereocenters. The van der Waals surface area contributed by atoms with E-state index in [1.807, 2.05) is 39.8 Å². The van der Waals surface area contributed by atoms with E-state index in [9.17, 15) is 9.18 Å². The van der Waals surface area contributed by atoms with Crippen LogP contribution in [0.25, 0.3) is 27.7 Å². The van der Waals surface area contributed by atoms with E-state index in [2.05, 4.69) is 16.0 Å². The number of carbonyl (C=O) groups is 1. The number of fused-ring (bicyclic) bond motifs is 1. The van der Waals surface area contributed by atoms with Gasteiger partial charge in [-0.3, -0.25) is 0 Å². The second-order valence-electron chi connectivity index (χ2n) is 9.00. The number of methoxy groups -OCH3 is 1. The summed E-state index contributed by atoms with van der Waals surface area (Å²) in [6, 6.07) is 8.27. The number of carbonyl (C=O) groups excluding carboxylic acids is 1. The van der Waals surface area contributed by atoms with E-state index in [1.54, 1.807) is 24.3 Å². The summed E-state index contributed by atoms with van der Waals surface area (Å²) in [7, 11) is 1.57. The van der Waals surface area contributed by atoms with Crippen LogP contribution in [0.15, 0.2) is 42.6 Å². The lowest BCUT2D eigenvalue weighted by molar-refractivity contribution is 0.0209. The first-order valence-corrected chi connectivity index (χ1v) is 10.7. The van der Waals surface area contributed by atoms with Crippen LogP contribution in [0.3, 0.4) is 0 Å². The number of amides is 1. The van der Waals surface area contributed by atoms with E-state index >= 15 is 0 Å². The van der Waals surface area contributed by atoms with Gasteiger partial charge in [0.2, 0.25) is 0 Å². The van der Waals surface area contributed by atoms with Gasteiger partial charge in [0.05, 0.1) is 13.2 Å². The average Bonchev–Trinajstić information content (AvgIpc) is 3.16. The van der Waals surface area contributed by atoms with Crippen molar-refractivity contribution in [3.8, 4) is 16.9 Å². The minimum atomic E-state index is -0.530. The summed E-state index contributed by atoms with van der Waals surface area (Å²) < 4.78 is 25.0. The Bertz CT molecular complexity index is 1190. The molecule has 0 fully saturated rings. The van der Waals surface area contributed by atoms with Gasteiger partial charge in [-0.1, -0.05) is 6.08 Å². The van der Waals surface area contributed by atoms with Gasteiger partial charge in [-0.05, 0) is 75.6 Å². The van der Waals surface area contributed by atoms with E-state index in [0.717, 1.165) is 22.2 Å². The molecule has 168 valence electrons. The van der Waals surface area contributed by atoms with Crippen LogP contribution in [0.5, 0.6) is 5.75 Å². The summed E-state index contributed by atoms with van der Waals surface area (Å²) in [4.78, 5) is 22.1. The number of rotatable bonds is 3. The lowest BCUT2D eigenvalue weighted by Gasteiger charge is -2.33. The summed E-state index contributed by atoms with van der Waals surface area (Å²) in [5.74, 6) is 0.271. The Hall–Kier alpha value is -3.35. The Labute approximate surface area is 187 Å². The third kappa shape index (κ3) is 4.33. The Morgan fingerprint density at radius 3 is 2.69 bits per heavy atom. The number of aromatic amines is 1. The Balaban J connectivity index is 1.68. The normalized spacial score (nSPS) is 16.8. The summed E-state index contributed by atoms with van der Waals surface area (Å²) in [5, 5.41) is 0.884. The molecule has 0 aliphatic carbocycles. The van der Waals surface area contributed by atoms with E-state index in [0.29, 0.717) is 29.9 Å². The molecule has 0 saturated carbocycles. The van der Waals surface area contributed by atoms with Crippen LogP contribution in [0.2, 0.25) is 0 Å². The van der Waals surface area contributed by atoms with Crippen molar-refractivity contribution in [2.24, 2.45) is 0 Å². The van der Waals surface area contributed by atoms with Gasteiger partial charge in [0, 0.05) is 29.4 Å². The van der Waals surface area contributed by atoms with Crippen molar-refractivity contribution in [1.82, 2.24) is 14.9 Å². The molecule has 0 spiro atoms. The van der Waals surface area contributed by atoms with Crippen molar-refractivity contribution in [3.63, 3.8) is 0 Å². The smallest absolute Gasteiger partial charge is 0.410 e. The first-order chi connectivity index (χ1) is 15.2. The van der Waals surface area contributed by atoms with E-state index < -0.39 is 5.60 Å². The highest BCUT2D eigenvalue weighted by Crippen LogP contribution is 2.37. The first-order valence-electron chi connectivity index (χ1n) is 10.7. The number of benzene rings is 1. The van der Waals surface area contributed by atoms with Crippen LogP contribution in [0.1, 0.15) is 39.8 Å². The van der Waals surface area contributed by atoms with E-state index in [4.69, 9.17) is 9.47 Å². The number of aromatic nitrogens is 2. The predicted octanol–water partition coefficient (Wildman–Crippen LogP) is 5.79. The van der Waals surface area contributed by atoms with Crippen LogP contribution >= 0.6 is 0 Å². The maximum Gasteiger partial charge on any atom is 0.410 e. The molecule has 1 aliphatic heterocycles. The lowest BCUT2D eigenvalue weighted by Crippen LogP contribution is -2.43. The van der Waals surface area contributed by atoms with Crippen molar-refractivity contribution < 1.29 is 18.7 Å². The number of hydrogen-bond acceptors (Lipinski definition) is 4. The molecule has 3 aromatic rings. The van der Waals surface area contributed by atoms with Crippen LogP contribution in [-0.2, 0) is 4.74 Å². The Kier molecular flexibility index (Phi) is 5.67. The molecule has 2 aromatic heterocycles. The fourth-order valence-corrected chi connectivity index (χ4v) is 4.04. The number of halogens is 1. The zero-order chi connectivity index (χ0) is 23.0. The third-order valence-corrected chi connectivity index (χ3v) is 5.51. The van der Waals surface area contributed by atoms with Crippen LogP contribution in [0.4, 0.5) is 9.18 Å². The number of H-pyrrole nitrogens is 1. The van der Waals surface area contributed by atoms with Gasteiger partial charge in [0.25, 0.3) is 0 Å². The molecule has 1 aromatic carbocycles. The maximum absolute atomic E-state index is 14.0. The second kappa shape index (κ2) is 8.30. The first kappa shape index (κ1) is 21.9. The minimum absolute atomic E-state index is 0.101. The maximum atomic E-state index is 14.0. The van der Waals surface area contributed by atoms with Crippen molar-refractivity contribution in [2.75, 3.05) is 13.7 Å². The zero-order valence-corrected chi connectivity index (χ0v) is 19.0. The standard InChI is InChI=1S/C25H28FN3O3/c1-15-12-16(9-11-29(15)24(30)32-25(2,3)4)21-14-20-18(8-10-27-23(20)28-21)19-13-17(26)6-7-22(19)31-5/h6-8,10,12-15H,9,11H2,1-5H3,(H,27,28)/t15-/m1/s1. The van der Waals surface area contributed by atoms with Crippen LogP contribution in [0, 0.1) is 5.82 Å². The number of ether oxygens (including phenoxy) is 2. The molecule has 0 radical (unpaired) electrons. The molecule has 1 atom stereocenters. The topological polar surface area (TPSA) is 67.5 Å². The zero-order valence-electron chi connectivity index (χ0n) is 19.0. The monoisotopic (exact) mass is 437 g/mol.